The summed E-state index contributed by atoms with van der Waals surface area (Å²) in [4.78, 5) is 3.87. The first kappa shape index (κ1) is 11.7. The summed E-state index contributed by atoms with van der Waals surface area (Å²) in [6.45, 7) is 0. The lowest BCUT2D eigenvalue weighted by Crippen LogP contribution is -2.04. The molecule has 0 bridgehead atoms. The number of aryl methyl sites for hydroxylation is 1. The van der Waals surface area contributed by atoms with Crippen LogP contribution in [-0.4, -0.2) is 10.1 Å². The van der Waals surface area contributed by atoms with Gasteiger partial charge in [-0.2, -0.15) is 0 Å². The van der Waals surface area contributed by atoms with Gasteiger partial charge in [0.25, 0.3) is 0 Å². The van der Waals surface area contributed by atoms with Crippen molar-refractivity contribution in [2.45, 2.75) is 18.9 Å². The number of rotatable bonds is 4. The molecule has 0 saturated heterocycles. The second-order valence-electron chi connectivity index (χ2n) is 3.91. The third-order valence-electron chi connectivity index (χ3n) is 2.65. The molecule has 1 atom stereocenters. The second-order valence-corrected chi connectivity index (χ2v) is 3.91. The zero-order chi connectivity index (χ0) is 12.1. The van der Waals surface area contributed by atoms with Gasteiger partial charge in [0.15, 0.2) is 0 Å². The van der Waals surface area contributed by atoms with Gasteiger partial charge in [-0.1, -0.05) is 30.3 Å². The monoisotopic (exact) mass is 231 g/mol. The van der Waals surface area contributed by atoms with E-state index in [2.05, 4.69) is 4.98 Å². The lowest BCUT2D eigenvalue weighted by atomic mass is 10.0. The molecule has 0 radical (unpaired) electrons. The second kappa shape index (κ2) is 5.55. The topological polar surface area (TPSA) is 33.1 Å². The summed E-state index contributed by atoms with van der Waals surface area (Å²) in [6.07, 6.45) is 1.82. The smallest absolute Gasteiger partial charge is 0.147 e. The minimum atomic E-state index is -0.851. The SMILES string of the molecule is OC(CCc1ccccc1)c1ncccc1F. The van der Waals surface area contributed by atoms with Gasteiger partial charge < -0.3 is 5.11 Å². The van der Waals surface area contributed by atoms with Crippen molar-refractivity contribution in [3.63, 3.8) is 0 Å². The quantitative estimate of drug-likeness (QED) is 0.877. The summed E-state index contributed by atoms with van der Waals surface area (Å²) in [5.74, 6) is -0.451. The summed E-state index contributed by atoms with van der Waals surface area (Å²) in [5, 5.41) is 9.86. The van der Waals surface area contributed by atoms with Crippen molar-refractivity contribution in [1.29, 1.82) is 0 Å². The lowest BCUT2D eigenvalue weighted by Gasteiger charge is -2.10. The Labute approximate surface area is 99.8 Å². The molecule has 0 spiro atoms. The third kappa shape index (κ3) is 3.11. The molecule has 2 aromatic rings. The van der Waals surface area contributed by atoms with E-state index in [1.807, 2.05) is 30.3 Å². The molecule has 0 aliphatic rings. The maximum Gasteiger partial charge on any atom is 0.147 e. The molecule has 1 aromatic carbocycles. The lowest BCUT2D eigenvalue weighted by molar-refractivity contribution is 0.158. The van der Waals surface area contributed by atoms with Gasteiger partial charge in [-0.25, -0.2) is 4.39 Å². The van der Waals surface area contributed by atoms with Crippen LogP contribution >= 0.6 is 0 Å². The Kier molecular flexibility index (Phi) is 3.83. The number of pyridine rings is 1. The van der Waals surface area contributed by atoms with E-state index in [0.29, 0.717) is 12.8 Å². The van der Waals surface area contributed by atoms with Gasteiger partial charge in [0.2, 0.25) is 0 Å². The Hall–Kier alpha value is -1.74. The maximum atomic E-state index is 13.3. The standard InChI is InChI=1S/C14H14FNO/c15-12-7-4-10-16-14(12)13(17)9-8-11-5-2-1-3-6-11/h1-7,10,13,17H,8-9H2. The first-order valence-corrected chi connectivity index (χ1v) is 5.60. The Bertz CT molecular complexity index is 473. The largest absolute Gasteiger partial charge is 0.387 e. The minimum absolute atomic E-state index is 0.128. The van der Waals surface area contributed by atoms with Gasteiger partial charge >= 0.3 is 0 Å². The Balaban J connectivity index is 1.99. The van der Waals surface area contributed by atoms with Gasteiger partial charge in [0.05, 0.1) is 6.10 Å². The molecule has 0 fully saturated rings. The zero-order valence-electron chi connectivity index (χ0n) is 9.38. The van der Waals surface area contributed by atoms with E-state index in [4.69, 9.17) is 0 Å². The Morgan fingerprint density at radius 3 is 2.59 bits per heavy atom. The highest BCUT2D eigenvalue weighted by Crippen LogP contribution is 2.19. The first-order valence-electron chi connectivity index (χ1n) is 5.60. The van der Waals surface area contributed by atoms with Crippen molar-refractivity contribution in [2.24, 2.45) is 0 Å². The molecule has 2 rings (SSSR count). The first-order chi connectivity index (χ1) is 8.27. The van der Waals surface area contributed by atoms with E-state index < -0.39 is 11.9 Å². The van der Waals surface area contributed by atoms with Crippen molar-refractivity contribution >= 4 is 0 Å². The highest BCUT2D eigenvalue weighted by molar-refractivity contribution is 5.16. The molecule has 0 amide bonds. The van der Waals surface area contributed by atoms with Crippen LogP contribution in [-0.2, 0) is 6.42 Å². The molecule has 0 saturated carbocycles. The number of aliphatic hydroxyl groups excluding tert-OH is 1. The Morgan fingerprint density at radius 1 is 1.12 bits per heavy atom. The molecule has 1 aromatic heterocycles. The molecule has 17 heavy (non-hydrogen) atoms. The molecular formula is C14H14FNO. The summed E-state index contributed by atoms with van der Waals surface area (Å²) in [5.41, 5.74) is 1.26. The fourth-order valence-electron chi connectivity index (χ4n) is 1.73. The van der Waals surface area contributed by atoms with Gasteiger partial charge in [-0.3, -0.25) is 4.98 Å². The van der Waals surface area contributed by atoms with Crippen molar-refractivity contribution in [1.82, 2.24) is 4.98 Å². The summed E-state index contributed by atoms with van der Waals surface area (Å²) < 4.78 is 13.3. The van der Waals surface area contributed by atoms with Crippen molar-refractivity contribution in [3.05, 3.63) is 65.7 Å². The normalized spacial score (nSPS) is 12.4. The molecular weight excluding hydrogens is 217 g/mol. The zero-order valence-corrected chi connectivity index (χ0v) is 9.38. The third-order valence-corrected chi connectivity index (χ3v) is 2.65. The number of nitrogens with zero attached hydrogens (tertiary/aromatic N) is 1. The van der Waals surface area contributed by atoms with Crippen molar-refractivity contribution in [2.75, 3.05) is 0 Å². The summed E-state index contributed by atoms with van der Waals surface area (Å²) in [6, 6.07) is 12.6. The average molecular weight is 231 g/mol. The van der Waals surface area contributed by atoms with Crippen LogP contribution in [0.15, 0.2) is 48.7 Å². The number of hydrogen-bond acceptors (Lipinski definition) is 2. The van der Waals surface area contributed by atoms with Gasteiger partial charge in [0.1, 0.15) is 11.5 Å². The van der Waals surface area contributed by atoms with Crippen LogP contribution in [0, 0.1) is 5.82 Å². The number of benzene rings is 1. The number of hydrogen-bond donors (Lipinski definition) is 1. The van der Waals surface area contributed by atoms with Gasteiger partial charge in [-0.15, -0.1) is 0 Å². The van der Waals surface area contributed by atoms with Crippen molar-refractivity contribution < 1.29 is 9.50 Å². The van der Waals surface area contributed by atoms with E-state index in [-0.39, 0.29) is 5.69 Å². The molecule has 3 heteroatoms. The molecule has 0 aliphatic carbocycles. The predicted molar refractivity (Wildman–Crippen MR) is 63.9 cm³/mol. The maximum absolute atomic E-state index is 13.3. The van der Waals surface area contributed by atoms with Crippen LogP contribution in [0.25, 0.3) is 0 Å². The predicted octanol–water partition coefficient (Wildman–Crippen LogP) is 2.89. The van der Waals surface area contributed by atoms with Crippen LogP contribution in [0.3, 0.4) is 0 Å². The molecule has 2 nitrogen and oxygen atoms in total. The minimum Gasteiger partial charge on any atom is -0.387 e. The molecule has 0 aliphatic heterocycles. The average Bonchev–Trinajstić information content (AvgIpc) is 2.38. The summed E-state index contributed by atoms with van der Waals surface area (Å²) >= 11 is 0. The molecule has 88 valence electrons. The van der Waals surface area contributed by atoms with E-state index in [1.165, 1.54) is 18.3 Å². The number of aromatic nitrogens is 1. The van der Waals surface area contributed by atoms with E-state index in [1.54, 1.807) is 0 Å². The fraction of sp³-hybridized carbons (Fsp3) is 0.214. The summed E-state index contributed by atoms with van der Waals surface area (Å²) in [7, 11) is 0. The van der Waals surface area contributed by atoms with Crippen LogP contribution < -0.4 is 0 Å². The van der Waals surface area contributed by atoms with Crippen LogP contribution in [0.2, 0.25) is 0 Å². The molecule has 1 N–H and O–H groups in total. The fourth-order valence-corrected chi connectivity index (χ4v) is 1.73. The van der Waals surface area contributed by atoms with Gasteiger partial charge in [-0.05, 0) is 30.5 Å². The highest BCUT2D eigenvalue weighted by Gasteiger charge is 2.13. The number of aliphatic hydroxyl groups is 1. The number of halogens is 1. The highest BCUT2D eigenvalue weighted by atomic mass is 19.1. The van der Waals surface area contributed by atoms with E-state index in [9.17, 15) is 9.50 Å². The van der Waals surface area contributed by atoms with Crippen molar-refractivity contribution in [3.8, 4) is 0 Å². The van der Waals surface area contributed by atoms with Crippen LogP contribution in [0.5, 0.6) is 0 Å². The Morgan fingerprint density at radius 2 is 1.88 bits per heavy atom. The van der Waals surface area contributed by atoms with Crippen LogP contribution in [0.4, 0.5) is 4.39 Å². The van der Waals surface area contributed by atoms with E-state index >= 15 is 0 Å². The van der Waals surface area contributed by atoms with Crippen LogP contribution in [0.1, 0.15) is 23.8 Å². The molecule has 1 unspecified atom stereocenters. The molecule has 1 heterocycles. The van der Waals surface area contributed by atoms with Gasteiger partial charge in [0, 0.05) is 6.20 Å². The van der Waals surface area contributed by atoms with E-state index in [0.717, 1.165) is 5.56 Å².